The van der Waals surface area contributed by atoms with Crippen LogP contribution in [-0.2, 0) is 9.47 Å². The molecule has 38 heavy (non-hydrogen) atoms. The van der Waals surface area contributed by atoms with Gasteiger partial charge in [-0.3, -0.25) is 0 Å². The van der Waals surface area contributed by atoms with Crippen LogP contribution < -0.4 is 0 Å². The summed E-state index contributed by atoms with van der Waals surface area (Å²) in [5.41, 5.74) is 0.548. The molecule has 0 amide bonds. The first-order valence-electron chi connectivity index (χ1n) is 15.4. The van der Waals surface area contributed by atoms with Gasteiger partial charge in [0, 0.05) is 13.1 Å². The second kappa shape index (κ2) is 23.0. The van der Waals surface area contributed by atoms with E-state index in [1.807, 2.05) is 0 Å². The Kier molecular flexibility index (Phi) is 20.7. The maximum Gasteiger partial charge on any atom is 0.339 e. The molecule has 0 atom stereocenters. The molecule has 0 aromatic heterocycles. The first-order valence-corrected chi connectivity index (χ1v) is 15.4. The Bertz CT molecular complexity index is 679. The molecule has 0 spiro atoms. The molecule has 1 rings (SSSR count). The van der Waals surface area contributed by atoms with Gasteiger partial charge < -0.3 is 19.3 Å². The van der Waals surface area contributed by atoms with Crippen molar-refractivity contribution in [2.45, 2.75) is 105 Å². The van der Waals surface area contributed by atoms with E-state index in [1.165, 1.54) is 77.0 Å². The largest absolute Gasteiger partial charge is 0.461 e. The zero-order chi connectivity index (χ0) is 27.8. The molecule has 6 nitrogen and oxygen atoms in total. The van der Waals surface area contributed by atoms with E-state index in [4.69, 9.17) is 9.47 Å². The van der Waals surface area contributed by atoms with Crippen molar-refractivity contribution in [1.82, 2.24) is 9.80 Å². The van der Waals surface area contributed by atoms with E-state index in [0.29, 0.717) is 26.3 Å². The van der Waals surface area contributed by atoms with Gasteiger partial charge in [-0.15, -0.1) is 0 Å². The zero-order valence-electron chi connectivity index (χ0n) is 25.0. The fraction of sp³-hybridized carbons (Fsp3) is 0.750. The van der Waals surface area contributed by atoms with Crippen molar-refractivity contribution in [3.8, 4) is 0 Å². The highest BCUT2D eigenvalue weighted by molar-refractivity contribution is 6.03. The Balaban J connectivity index is 2.41. The van der Waals surface area contributed by atoms with Gasteiger partial charge in [0.15, 0.2) is 0 Å². The molecule has 0 saturated carbocycles. The lowest BCUT2D eigenvalue weighted by molar-refractivity contribution is 0.0417. The summed E-state index contributed by atoms with van der Waals surface area (Å²) in [5.74, 6) is -0.933. The highest BCUT2D eigenvalue weighted by Crippen LogP contribution is 2.13. The molecule has 0 aliphatic heterocycles. The van der Waals surface area contributed by atoms with Crippen molar-refractivity contribution < 1.29 is 19.1 Å². The summed E-state index contributed by atoms with van der Waals surface area (Å²) < 4.78 is 11.1. The number of rotatable bonds is 24. The summed E-state index contributed by atoms with van der Waals surface area (Å²) >= 11 is 0. The topological polar surface area (TPSA) is 59.1 Å². The first kappa shape index (κ1) is 34.1. The summed E-state index contributed by atoms with van der Waals surface area (Å²) in [4.78, 5) is 30.2. The van der Waals surface area contributed by atoms with E-state index in [9.17, 15) is 9.59 Å². The van der Waals surface area contributed by atoms with E-state index in [-0.39, 0.29) is 11.1 Å². The molecule has 1 aromatic rings. The summed E-state index contributed by atoms with van der Waals surface area (Å²) in [7, 11) is 0. The molecule has 0 N–H and O–H groups in total. The Morgan fingerprint density at radius 1 is 0.553 bits per heavy atom. The van der Waals surface area contributed by atoms with Crippen molar-refractivity contribution in [2.75, 3.05) is 52.5 Å². The molecule has 6 heteroatoms. The molecule has 0 saturated heterocycles. The van der Waals surface area contributed by atoms with Gasteiger partial charge in [-0.2, -0.15) is 0 Å². The van der Waals surface area contributed by atoms with Crippen LogP contribution in [0.15, 0.2) is 24.3 Å². The first-order chi connectivity index (χ1) is 18.6. The molecule has 0 fully saturated rings. The second-order valence-electron chi connectivity index (χ2n) is 10.2. The van der Waals surface area contributed by atoms with Gasteiger partial charge in [0.25, 0.3) is 0 Å². The lowest BCUT2D eigenvalue weighted by atomic mass is 10.1. The highest BCUT2D eigenvalue weighted by Gasteiger charge is 2.19. The number of carbonyl (C=O) groups excluding carboxylic acids is 2. The molecule has 1 aromatic carbocycles. The van der Waals surface area contributed by atoms with Crippen LogP contribution in [0, 0.1) is 0 Å². The van der Waals surface area contributed by atoms with E-state index >= 15 is 0 Å². The molecule has 0 aliphatic carbocycles. The number of esters is 2. The second-order valence-corrected chi connectivity index (χ2v) is 10.2. The smallest absolute Gasteiger partial charge is 0.339 e. The van der Waals surface area contributed by atoms with Crippen molar-refractivity contribution >= 4 is 11.9 Å². The predicted molar refractivity (Wildman–Crippen MR) is 158 cm³/mol. The van der Waals surface area contributed by atoms with Gasteiger partial charge in [0.05, 0.1) is 11.1 Å². The maximum atomic E-state index is 12.8. The number of hydrogen-bond acceptors (Lipinski definition) is 6. The number of carbonyl (C=O) groups is 2. The Morgan fingerprint density at radius 2 is 0.921 bits per heavy atom. The van der Waals surface area contributed by atoms with Crippen LogP contribution in [-0.4, -0.2) is 74.2 Å². The summed E-state index contributed by atoms with van der Waals surface area (Å²) in [6, 6.07) is 6.79. The van der Waals surface area contributed by atoms with Crippen molar-refractivity contribution in [2.24, 2.45) is 0 Å². The molecule has 0 unspecified atom stereocenters. The lowest BCUT2D eigenvalue weighted by Gasteiger charge is -2.20. The van der Waals surface area contributed by atoms with Crippen LogP contribution >= 0.6 is 0 Å². The third-order valence-corrected chi connectivity index (χ3v) is 7.20. The SMILES string of the molecule is CCCCCCCCN(CC)CCOC(=O)c1ccccc1C(=O)OCCN(CC)CCCCCCCC. The van der Waals surface area contributed by atoms with Crippen LogP contribution in [0.1, 0.15) is 125 Å². The van der Waals surface area contributed by atoms with E-state index in [1.54, 1.807) is 24.3 Å². The van der Waals surface area contributed by atoms with Crippen LogP contribution in [0.4, 0.5) is 0 Å². The minimum atomic E-state index is -0.466. The number of likely N-dealkylation sites (N-methyl/N-ethyl adjacent to an activating group) is 2. The third-order valence-electron chi connectivity index (χ3n) is 7.20. The maximum absolute atomic E-state index is 12.8. The summed E-state index contributed by atoms with van der Waals surface area (Å²) in [5, 5.41) is 0. The number of benzene rings is 1. The number of ether oxygens (including phenoxy) is 2. The average molecular weight is 533 g/mol. The van der Waals surface area contributed by atoms with Gasteiger partial charge in [0.1, 0.15) is 13.2 Å². The average Bonchev–Trinajstić information content (AvgIpc) is 2.94. The molecule has 0 aliphatic rings. The quantitative estimate of drug-likeness (QED) is 0.102. The Morgan fingerprint density at radius 3 is 1.29 bits per heavy atom. The molecular weight excluding hydrogens is 476 g/mol. The molecule has 218 valence electrons. The minimum absolute atomic E-state index is 0.274. The Labute approximate surface area is 233 Å². The van der Waals surface area contributed by atoms with Gasteiger partial charge in [-0.25, -0.2) is 9.59 Å². The number of nitrogens with zero attached hydrogens (tertiary/aromatic N) is 2. The normalized spacial score (nSPS) is 11.3. The monoisotopic (exact) mass is 532 g/mol. The minimum Gasteiger partial charge on any atom is -0.461 e. The fourth-order valence-electron chi connectivity index (χ4n) is 4.62. The highest BCUT2D eigenvalue weighted by atomic mass is 16.5. The predicted octanol–water partition coefficient (Wildman–Crippen LogP) is 7.37. The van der Waals surface area contributed by atoms with Crippen LogP contribution in [0.25, 0.3) is 0 Å². The van der Waals surface area contributed by atoms with E-state index < -0.39 is 11.9 Å². The van der Waals surface area contributed by atoms with Crippen LogP contribution in [0.2, 0.25) is 0 Å². The number of hydrogen-bond donors (Lipinski definition) is 0. The molecular formula is C32H56N2O4. The van der Waals surface area contributed by atoms with E-state index in [2.05, 4.69) is 37.5 Å². The van der Waals surface area contributed by atoms with E-state index in [0.717, 1.165) is 26.2 Å². The fourth-order valence-corrected chi connectivity index (χ4v) is 4.62. The standard InChI is InChI=1S/C32H56N2O4/c1-5-9-11-13-15-19-23-33(7-3)25-27-37-31(35)29-21-17-18-22-30(29)32(36)38-28-26-34(8-4)24-20-16-14-12-10-6-2/h17-18,21-22H,5-16,19-20,23-28H2,1-4H3. The lowest BCUT2D eigenvalue weighted by Crippen LogP contribution is -2.30. The van der Waals surface area contributed by atoms with Gasteiger partial charge in [-0.05, 0) is 51.2 Å². The molecule has 0 bridgehead atoms. The van der Waals surface area contributed by atoms with Crippen LogP contribution in [0.3, 0.4) is 0 Å². The third kappa shape index (κ3) is 15.5. The summed E-state index contributed by atoms with van der Waals surface area (Å²) in [6.07, 6.45) is 15.2. The van der Waals surface area contributed by atoms with Crippen molar-refractivity contribution in [3.05, 3.63) is 35.4 Å². The number of unbranched alkanes of at least 4 members (excludes halogenated alkanes) is 10. The van der Waals surface area contributed by atoms with Crippen LogP contribution in [0.5, 0.6) is 0 Å². The molecule has 0 radical (unpaired) electrons. The zero-order valence-corrected chi connectivity index (χ0v) is 25.0. The van der Waals surface area contributed by atoms with Crippen molar-refractivity contribution in [3.63, 3.8) is 0 Å². The molecule has 0 heterocycles. The van der Waals surface area contributed by atoms with Gasteiger partial charge in [0.2, 0.25) is 0 Å². The van der Waals surface area contributed by atoms with Gasteiger partial charge in [-0.1, -0.05) is 104 Å². The Hall–Kier alpha value is -1.92. The van der Waals surface area contributed by atoms with Crippen molar-refractivity contribution in [1.29, 1.82) is 0 Å². The summed E-state index contributed by atoms with van der Waals surface area (Å²) in [6.45, 7) is 14.7. The van der Waals surface area contributed by atoms with Gasteiger partial charge >= 0.3 is 11.9 Å².